The van der Waals surface area contributed by atoms with Crippen LogP contribution >= 0.6 is 0 Å². The van der Waals surface area contributed by atoms with Crippen LogP contribution in [0.5, 0.6) is 0 Å². The number of carbonyl (C=O) groups excluding carboxylic acids is 1. The molecular formula is C13H17N5O3S. The van der Waals surface area contributed by atoms with Gasteiger partial charge in [-0.3, -0.25) is 4.79 Å². The number of nitrogens with two attached hydrogens (primary N) is 1. The van der Waals surface area contributed by atoms with Crippen LogP contribution in [0.25, 0.3) is 11.0 Å². The number of primary amides is 1. The Morgan fingerprint density at radius 2 is 2.32 bits per heavy atom. The van der Waals surface area contributed by atoms with Gasteiger partial charge in [-0.15, -0.1) is 0 Å². The summed E-state index contributed by atoms with van der Waals surface area (Å²) in [7, 11) is -3.20. The van der Waals surface area contributed by atoms with Gasteiger partial charge in [0.25, 0.3) is 5.91 Å². The van der Waals surface area contributed by atoms with Gasteiger partial charge in [0.1, 0.15) is 5.65 Å². The molecule has 1 atom stereocenters. The minimum atomic E-state index is -3.20. The fourth-order valence-corrected chi connectivity index (χ4v) is 3.59. The topological polar surface area (TPSA) is 121 Å². The molecule has 1 saturated heterocycles. The summed E-state index contributed by atoms with van der Waals surface area (Å²) < 4.78 is 24.6. The van der Waals surface area contributed by atoms with Crippen molar-refractivity contribution < 1.29 is 13.2 Å². The molecule has 1 amide bonds. The molecule has 0 saturated carbocycles. The standard InChI is InChI=1S/C13H17N5O3S/c1-22(20,21)18-5-3-8(7-18)17-11-9-2-4-15-13(9)16-6-10(11)12(14)19/h2,4,6,8H,3,5,7H2,1H3,(H2,14,19)(H2,15,16,17)/t8-/m0/s1. The molecule has 2 aromatic heterocycles. The van der Waals surface area contributed by atoms with Crippen molar-refractivity contribution in [2.24, 2.45) is 5.73 Å². The van der Waals surface area contributed by atoms with Gasteiger partial charge in [0, 0.05) is 36.9 Å². The second kappa shape index (κ2) is 5.25. The molecule has 8 nitrogen and oxygen atoms in total. The van der Waals surface area contributed by atoms with E-state index in [4.69, 9.17) is 5.73 Å². The lowest BCUT2D eigenvalue weighted by Crippen LogP contribution is -2.31. The third-order valence-electron chi connectivity index (χ3n) is 3.82. The molecule has 0 bridgehead atoms. The highest BCUT2D eigenvalue weighted by Crippen LogP contribution is 2.27. The summed E-state index contributed by atoms with van der Waals surface area (Å²) in [4.78, 5) is 18.7. The van der Waals surface area contributed by atoms with E-state index < -0.39 is 15.9 Å². The fraction of sp³-hybridized carbons (Fsp3) is 0.385. The predicted octanol–water partition coefficient (Wildman–Crippen LogP) is 0.108. The van der Waals surface area contributed by atoms with E-state index in [9.17, 15) is 13.2 Å². The Labute approximate surface area is 127 Å². The monoisotopic (exact) mass is 323 g/mol. The Hall–Kier alpha value is -2.13. The predicted molar refractivity (Wildman–Crippen MR) is 83.1 cm³/mol. The van der Waals surface area contributed by atoms with Crippen molar-refractivity contribution in [2.45, 2.75) is 12.5 Å². The summed E-state index contributed by atoms with van der Waals surface area (Å²) in [5, 5.41) is 4.01. The first-order chi connectivity index (χ1) is 10.4. The summed E-state index contributed by atoms with van der Waals surface area (Å²) in [6.45, 7) is 0.828. The number of amides is 1. The number of pyridine rings is 1. The van der Waals surface area contributed by atoms with E-state index >= 15 is 0 Å². The number of sulfonamides is 1. The molecule has 2 aromatic rings. The van der Waals surface area contributed by atoms with Crippen LogP contribution in [0, 0.1) is 0 Å². The third kappa shape index (κ3) is 2.64. The molecule has 0 aromatic carbocycles. The van der Waals surface area contributed by atoms with Crippen LogP contribution in [0.2, 0.25) is 0 Å². The van der Waals surface area contributed by atoms with Crippen LogP contribution in [0.1, 0.15) is 16.8 Å². The van der Waals surface area contributed by atoms with Crippen LogP contribution in [-0.2, 0) is 10.0 Å². The maximum Gasteiger partial charge on any atom is 0.252 e. The Morgan fingerprint density at radius 3 is 2.95 bits per heavy atom. The van der Waals surface area contributed by atoms with Crippen LogP contribution in [0.3, 0.4) is 0 Å². The fourth-order valence-electron chi connectivity index (χ4n) is 2.70. The van der Waals surface area contributed by atoms with Crippen LogP contribution in [0.4, 0.5) is 5.69 Å². The molecule has 3 rings (SSSR count). The van der Waals surface area contributed by atoms with Crippen molar-refractivity contribution in [3.8, 4) is 0 Å². The first-order valence-electron chi connectivity index (χ1n) is 6.84. The van der Waals surface area contributed by atoms with Gasteiger partial charge in [0.15, 0.2) is 0 Å². The molecule has 4 N–H and O–H groups in total. The summed E-state index contributed by atoms with van der Waals surface area (Å²) in [6.07, 6.45) is 5.01. The molecule has 0 radical (unpaired) electrons. The van der Waals surface area contributed by atoms with Gasteiger partial charge in [-0.25, -0.2) is 17.7 Å². The molecule has 0 spiro atoms. The second-order valence-corrected chi connectivity index (χ2v) is 7.38. The number of hydrogen-bond donors (Lipinski definition) is 3. The van der Waals surface area contributed by atoms with Crippen molar-refractivity contribution in [2.75, 3.05) is 24.7 Å². The number of carbonyl (C=O) groups is 1. The number of fused-ring (bicyclic) bond motifs is 1. The third-order valence-corrected chi connectivity index (χ3v) is 5.09. The number of nitrogens with zero attached hydrogens (tertiary/aromatic N) is 2. The first-order valence-corrected chi connectivity index (χ1v) is 8.68. The Balaban J connectivity index is 1.92. The minimum Gasteiger partial charge on any atom is -0.380 e. The minimum absolute atomic E-state index is 0.0756. The number of rotatable bonds is 4. The van der Waals surface area contributed by atoms with E-state index in [1.807, 2.05) is 0 Å². The number of aromatic amines is 1. The Kier molecular flexibility index (Phi) is 3.53. The highest BCUT2D eigenvalue weighted by atomic mass is 32.2. The number of anilines is 1. The summed E-state index contributed by atoms with van der Waals surface area (Å²) in [5.41, 5.74) is 6.95. The van der Waals surface area contributed by atoms with Gasteiger partial charge >= 0.3 is 0 Å². The van der Waals surface area contributed by atoms with Gasteiger partial charge in [-0.2, -0.15) is 0 Å². The Bertz CT molecular complexity index is 829. The van der Waals surface area contributed by atoms with Crippen molar-refractivity contribution in [1.82, 2.24) is 14.3 Å². The maximum absolute atomic E-state index is 11.6. The zero-order valence-corrected chi connectivity index (χ0v) is 12.9. The van der Waals surface area contributed by atoms with E-state index in [2.05, 4.69) is 15.3 Å². The SMILES string of the molecule is CS(=O)(=O)N1CC[C@H](Nc2c(C(N)=O)cnc3[nH]ccc23)C1. The van der Waals surface area contributed by atoms with E-state index in [-0.39, 0.29) is 6.04 Å². The van der Waals surface area contributed by atoms with Gasteiger partial charge in [0.2, 0.25) is 10.0 Å². The lowest BCUT2D eigenvalue weighted by Gasteiger charge is -2.18. The molecule has 0 unspecified atom stereocenters. The van der Waals surface area contributed by atoms with E-state index in [0.717, 1.165) is 5.39 Å². The van der Waals surface area contributed by atoms with Crippen molar-refractivity contribution in [1.29, 1.82) is 0 Å². The van der Waals surface area contributed by atoms with Gasteiger partial charge in [-0.1, -0.05) is 0 Å². The number of hydrogen-bond acceptors (Lipinski definition) is 5. The summed E-state index contributed by atoms with van der Waals surface area (Å²) in [5.74, 6) is -0.573. The van der Waals surface area contributed by atoms with Crippen molar-refractivity contribution >= 4 is 32.7 Å². The van der Waals surface area contributed by atoms with E-state index in [0.29, 0.717) is 36.4 Å². The number of aromatic nitrogens is 2. The lowest BCUT2D eigenvalue weighted by molar-refractivity contribution is 0.100. The highest BCUT2D eigenvalue weighted by Gasteiger charge is 2.29. The highest BCUT2D eigenvalue weighted by molar-refractivity contribution is 7.88. The quantitative estimate of drug-likeness (QED) is 0.737. The molecule has 1 fully saturated rings. The largest absolute Gasteiger partial charge is 0.380 e. The van der Waals surface area contributed by atoms with E-state index in [1.165, 1.54) is 16.8 Å². The van der Waals surface area contributed by atoms with Gasteiger partial charge in [0.05, 0.1) is 17.5 Å². The average molecular weight is 323 g/mol. The van der Waals surface area contributed by atoms with Gasteiger partial charge in [-0.05, 0) is 12.5 Å². The summed E-state index contributed by atoms with van der Waals surface area (Å²) in [6, 6.07) is 1.73. The van der Waals surface area contributed by atoms with Crippen molar-refractivity contribution in [3.05, 3.63) is 24.0 Å². The second-order valence-electron chi connectivity index (χ2n) is 5.40. The van der Waals surface area contributed by atoms with E-state index in [1.54, 1.807) is 12.3 Å². The number of H-pyrrole nitrogens is 1. The molecule has 9 heteroatoms. The Morgan fingerprint density at radius 1 is 1.55 bits per heavy atom. The smallest absolute Gasteiger partial charge is 0.252 e. The summed E-state index contributed by atoms with van der Waals surface area (Å²) >= 11 is 0. The van der Waals surface area contributed by atoms with Crippen molar-refractivity contribution in [3.63, 3.8) is 0 Å². The average Bonchev–Trinajstić information content (AvgIpc) is 3.05. The molecule has 1 aliphatic heterocycles. The lowest BCUT2D eigenvalue weighted by atomic mass is 10.1. The molecule has 1 aliphatic rings. The maximum atomic E-state index is 11.6. The van der Waals surface area contributed by atoms with Crippen LogP contribution in [-0.4, -0.2) is 54.0 Å². The normalized spacial score (nSPS) is 19.6. The molecule has 118 valence electrons. The van der Waals surface area contributed by atoms with Crippen LogP contribution in [0.15, 0.2) is 18.5 Å². The zero-order valence-electron chi connectivity index (χ0n) is 12.0. The van der Waals surface area contributed by atoms with Gasteiger partial charge < -0.3 is 16.0 Å². The molecule has 0 aliphatic carbocycles. The first kappa shape index (κ1) is 14.8. The van der Waals surface area contributed by atoms with Crippen LogP contribution < -0.4 is 11.1 Å². The molecule has 3 heterocycles. The molecular weight excluding hydrogens is 306 g/mol. The zero-order chi connectivity index (χ0) is 15.9. The number of nitrogens with one attached hydrogen (secondary N) is 2. The molecule has 22 heavy (non-hydrogen) atoms.